The molecule has 0 aromatic heterocycles. The Balaban J connectivity index is 2.39. The number of carbonyl (C=O) groups excluding carboxylic acids is 1. The summed E-state index contributed by atoms with van der Waals surface area (Å²) >= 11 is 3.44. The van der Waals surface area contributed by atoms with Crippen LogP contribution in [0.15, 0.2) is 28.7 Å². The third kappa shape index (κ3) is 2.43. The molecule has 1 unspecified atom stereocenters. The van der Waals surface area contributed by atoms with Gasteiger partial charge in [0.1, 0.15) is 5.54 Å². The average Bonchev–Trinajstić information content (AvgIpc) is 2.38. The zero-order valence-corrected chi connectivity index (χ0v) is 12.0. The Morgan fingerprint density at radius 1 is 1.44 bits per heavy atom. The molecule has 98 valence electrons. The van der Waals surface area contributed by atoms with Crippen molar-refractivity contribution in [3.63, 3.8) is 0 Å². The second kappa shape index (κ2) is 5.38. The summed E-state index contributed by atoms with van der Waals surface area (Å²) in [7, 11) is 0. The molecular weight excluding hydrogens is 294 g/mol. The van der Waals surface area contributed by atoms with E-state index in [1.807, 2.05) is 31.2 Å². The van der Waals surface area contributed by atoms with Crippen molar-refractivity contribution in [1.29, 1.82) is 0 Å². The summed E-state index contributed by atoms with van der Waals surface area (Å²) in [5, 5.41) is 3.29. The van der Waals surface area contributed by atoms with Crippen molar-refractivity contribution in [2.24, 2.45) is 5.73 Å². The van der Waals surface area contributed by atoms with Gasteiger partial charge in [-0.2, -0.15) is 0 Å². The van der Waals surface area contributed by atoms with E-state index in [2.05, 4.69) is 26.1 Å². The molecule has 4 nitrogen and oxygen atoms in total. The van der Waals surface area contributed by atoms with Gasteiger partial charge in [0.25, 0.3) is 0 Å². The number of piperazine rings is 1. The normalized spacial score (nSPS) is 20.3. The number of hydrogen-bond acceptors (Lipinski definition) is 3. The first kappa shape index (κ1) is 13.5. The minimum Gasteiger partial charge on any atom is -0.368 e. The van der Waals surface area contributed by atoms with Crippen molar-refractivity contribution in [1.82, 2.24) is 10.2 Å². The van der Waals surface area contributed by atoms with Gasteiger partial charge in [-0.3, -0.25) is 9.69 Å². The summed E-state index contributed by atoms with van der Waals surface area (Å²) in [6.07, 6.45) is 0. The van der Waals surface area contributed by atoms with Gasteiger partial charge in [-0.15, -0.1) is 0 Å². The van der Waals surface area contributed by atoms with E-state index in [4.69, 9.17) is 5.73 Å². The van der Waals surface area contributed by atoms with Gasteiger partial charge < -0.3 is 11.1 Å². The molecule has 1 amide bonds. The molecule has 3 N–H and O–H groups in total. The molecule has 1 saturated heterocycles. The standard InChI is InChI=1S/C13H18BrN3O/c1-13(12(15)18,17-7-5-16-6-8-17)10-3-2-4-11(14)9-10/h2-4,9,16H,5-8H2,1H3,(H2,15,18). The van der Waals surface area contributed by atoms with Crippen LogP contribution >= 0.6 is 15.9 Å². The van der Waals surface area contributed by atoms with E-state index in [1.165, 1.54) is 0 Å². The van der Waals surface area contributed by atoms with Gasteiger partial charge in [-0.05, 0) is 24.6 Å². The fourth-order valence-electron chi connectivity index (χ4n) is 2.38. The number of primary amides is 1. The van der Waals surface area contributed by atoms with E-state index in [1.54, 1.807) is 0 Å². The van der Waals surface area contributed by atoms with E-state index in [-0.39, 0.29) is 5.91 Å². The molecule has 1 aliphatic rings. The van der Waals surface area contributed by atoms with Crippen molar-refractivity contribution < 1.29 is 4.79 Å². The van der Waals surface area contributed by atoms with Crippen molar-refractivity contribution in [3.05, 3.63) is 34.3 Å². The maximum atomic E-state index is 12.0. The lowest BCUT2D eigenvalue weighted by Crippen LogP contribution is -2.58. The molecule has 0 saturated carbocycles. The molecule has 5 heteroatoms. The highest BCUT2D eigenvalue weighted by Gasteiger charge is 2.40. The molecule has 1 aromatic rings. The van der Waals surface area contributed by atoms with Gasteiger partial charge in [0.05, 0.1) is 0 Å². The summed E-state index contributed by atoms with van der Waals surface area (Å²) in [6.45, 7) is 5.33. The molecule has 1 atom stereocenters. The van der Waals surface area contributed by atoms with Gasteiger partial charge >= 0.3 is 0 Å². The van der Waals surface area contributed by atoms with Crippen LogP contribution in [0.5, 0.6) is 0 Å². The summed E-state index contributed by atoms with van der Waals surface area (Å²) in [4.78, 5) is 14.1. The smallest absolute Gasteiger partial charge is 0.242 e. The molecule has 18 heavy (non-hydrogen) atoms. The Labute approximate surface area is 116 Å². The fourth-order valence-corrected chi connectivity index (χ4v) is 2.78. The summed E-state index contributed by atoms with van der Waals surface area (Å²) in [6, 6.07) is 7.80. The van der Waals surface area contributed by atoms with E-state index in [9.17, 15) is 4.79 Å². The number of benzene rings is 1. The summed E-state index contributed by atoms with van der Waals surface area (Å²) < 4.78 is 0.961. The second-order valence-corrected chi connectivity index (χ2v) is 5.60. The Hall–Kier alpha value is -0.910. The van der Waals surface area contributed by atoms with Gasteiger partial charge in [-0.1, -0.05) is 28.1 Å². The Morgan fingerprint density at radius 2 is 2.11 bits per heavy atom. The first-order valence-electron chi connectivity index (χ1n) is 6.07. The van der Waals surface area contributed by atoms with Crippen molar-refractivity contribution >= 4 is 21.8 Å². The zero-order chi connectivity index (χ0) is 13.2. The first-order chi connectivity index (χ1) is 8.55. The van der Waals surface area contributed by atoms with Crippen LogP contribution in [0.4, 0.5) is 0 Å². The number of rotatable bonds is 3. The Morgan fingerprint density at radius 3 is 2.67 bits per heavy atom. The van der Waals surface area contributed by atoms with Crippen LogP contribution < -0.4 is 11.1 Å². The molecule has 1 fully saturated rings. The SMILES string of the molecule is CC(C(N)=O)(c1cccc(Br)c1)N1CCNCC1. The maximum absolute atomic E-state index is 12.0. The minimum atomic E-state index is -0.744. The number of carbonyl (C=O) groups is 1. The predicted octanol–water partition coefficient (Wildman–Crippen LogP) is 1.05. The molecule has 1 heterocycles. The molecule has 0 radical (unpaired) electrons. The van der Waals surface area contributed by atoms with Crippen LogP contribution in [0.25, 0.3) is 0 Å². The lowest BCUT2D eigenvalue weighted by molar-refractivity contribution is -0.130. The molecule has 0 spiro atoms. The number of halogens is 1. The zero-order valence-electron chi connectivity index (χ0n) is 10.4. The topological polar surface area (TPSA) is 58.4 Å². The van der Waals surface area contributed by atoms with Crippen molar-refractivity contribution in [2.75, 3.05) is 26.2 Å². The maximum Gasteiger partial charge on any atom is 0.242 e. The fraction of sp³-hybridized carbons (Fsp3) is 0.462. The lowest BCUT2D eigenvalue weighted by Gasteiger charge is -2.41. The van der Waals surface area contributed by atoms with E-state index in [0.29, 0.717) is 0 Å². The van der Waals surface area contributed by atoms with Crippen LogP contribution in [0.1, 0.15) is 12.5 Å². The molecular formula is C13H18BrN3O. The Bertz CT molecular complexity index is 446. The van der Waals surface area contributed by atoms with E-state index < -0.39 is 5.54 Å². The highest BCUT2D eigenvalue weighted by molar-refractivity contribution is 9.10. The number of hydrogen-bond donors (Lipinski definition) is 2. The molecule has 1 aromatic carbocycles. The van der Waals surface area contributed by atoms with Gasteiger partial charge in [0, 0.05) is 30.7 Å². The van der Waals surface area contributed by atoms with Crippen molar-refractivity contribution in [2.45, 2.75) is 12.5 Å². The largest absolute Gasteiger partial charge is 0.368 e. The van der Waals surface area contributed by atoms with E-state index in [0.717, 1.165) is 36.2 Å². The van der Waals surface area contributed by atoms with Gasteiger partial charge in [-0.25, -0.2) is 0 Å². The van der Waals surface area contributed by atoms with Crippen LogP contribution in [-0.2, 0) is 10.3 Å². The summed E-state index contributed by atoms with van der Waals surface area (Å²) in [5.41, 5.74) is 5.86. The van der Waals surface area contributed by atoms with Crippen LogP contribution in [0, 0.1) is 0 Å². The van der Waals surface area contributed by atoms with Crippen molar-refractivity contribution in [3.8, 4) is 0 Å². The number of nitrogens with one attached hydrogen (secondary N) is 1. The predicted molar refractivity (Wildman–Crippen MR) is 75.1 cm³/mol. The number of amides is 1. The van der Waals surface area contributed by atoms with Crippen LogP contribution in [-0.4, -0.2) is 37.0 Å². The summed E-state index contributed by atoms with van der Waals surface area (Å²) in [5.74, 6) is -0.303. The average molecular weight is 312 g/mol. The second-order valence-electron chi connectivity index (χ2n) is 4.68. The van der Waals surface area contributed by atoms with E-state index >= 15 is 0 Å². The molecule has 2 rings (SSSR count). The molecule has 0 bridgehead atoms. The molecule has 1 aliphatic heterocycles. The van der Waals surface area contributed by atoms with Gasteiger partial charge in [0.2, 0.25) is 5.91 Å². The third-order valence-electron chi connectivity index (χ3n) is 3.62. The lowest BCUT2D eigenvalue weighted by atomic mass is 9.88. The van der Waals surface area contributed by atoms with Crippen LogP contribution in [0.3, 0.4) is 0 Å². The van der Waals surface area contributed by atoms with Crippen LogP contribution in [0.2, 0.25) is 0 Å². The Kier molecular flexibility index (Phi) is 4.04. The number of nitrogens with zero attached hydrogens (tertiary/aromatic N) is 1. The van der Waals surface area contributed by atoms with Gasteiger partial charge in [0.15, 0.2) is 0 Å². The monoisotopic (exact) mass is 311 g/mol. The highest BCUT2D eigenvalue weighted by atomic mass is 79.9. The minimum absolute atomic E-state index is 0.303. The molecule has 0 aliphatic carbocycles. The number of nitrogens with two attached hydrogens (primary N) is 1. The quantitative estimate of drug-likeness (QED) is 0.877. The highest BCUT2D eigenvalue weighted by Crippen LogP contribution is 2.30. The third-order valence-corrected chi connectivity index (χ3v) is 4.11. The first-order valence-corrected chi connectivity index (χ1v) is 6.86.